The highest BCUT2D eigenvalue weighted by atomic mass is 32.1. The molecule has 21 heavy (non-hydrogen) atoms. The van der Waals surface area contributed by atoms with Gasteiger partial charge in [-0.15, -0.1) is 0 Å². The van der Waals surface area contributed by atoms with E-state index in [-0.39, 0.29) is 0 Å². The van der Waals surface area contributed by atoms with Crippen LogP contribution >= 0.6 is 22.7 Å². The molecule has 0 aliphatic carbocycles. The second kappa shape index (κ2) is 5.71. The fourth-order valence-electron chi connectivity index (χ4n) is 2.86. The van der Waals surface area contributed by atoms with Crippen LogP contribution in [-0.2, 0) is 6.54 Å². The van der Waals surface area contributed by atoms with E-state index in [0.717, 1.165) is 18.7 Å². The molecule has 4 heterocycles. The molecule has 0 radical (unpaired) electrons. The quantitative estimate of drug-likeness (QED) is 0.723. The number of aromatic nitrogens is 2. The van der Waals surface area contributed by atoms with Crippen LogP contribution < -0.4 is 0 Å². The van der Waals surface area contributed by atoms with Crippen LogP contribution in [-0.4, -0.2) is 21.6 Å². The number of hydrogen-bond acceptors (Lipinski definition) is 6. The zero-order valence-corrected chi connectivity index (χ0v) is 13.1. The second-order valence-electron chi connectivity index (χ2n) is 5.21. The standard InChI is InChI=1S/C15H15N3OS2/c1-2-13(11-3-6-20-9-11)18(5-1)8-14-16-15(17-19-14)12-4-7-21-10-12/h3-4,6-7,9-10,13H,1-2,5,8H2. The molecule has 0 amide bonds. The third-order valence-corrected chi connectivity index (χ3v) is 5.26. The van der Waals surface area contributed by atoms with Gasteiger partial charge in [-0.05, 0) is 53.2 Å². The van der Waals surface area contributed by atoms with Gasteiger partial charge < -0.3 is 4.52 Å². The Morgan fingerprint density at radius 3 is 2.95 bits per heavy atom. The monoisotopic (exact) mass is 317 g/mol. The third-order valence-electron chi connectivity index (χ3n) is 3.88. The summed E-state index contributed by atoms with van der Waals surface area (Å²) >= 11 is 3.40. The Bertz CT molecular complexity index is 690. The average molecular weight is 317 g/mol. The number of hydrogen-bond donors (Lipinski definition) is 0. The predicted octanol–water partition coefficient (Wildman–Crippen LogP) is 4.20. The molecule has 1 unspecified atom stereocenters. The maximum atomic E-state index is 5.42. The van der Waals surface area contributed by atoms with Crippen molar-refractivity contribution in [3.8, 4) is 11.4 Å². The number of nitrogens with zero attached hydrogens (tertiary/aromatic N) is 3. The lowest BCUT2D eigenvalue weighted by molar-refractivity contribution is 0.213. The molecule has 0 N–H and O–H groups in total. The smallest absolute Gasteiger partial charge is 0.241 e. The highest BCUT2D eigenvalue weighted by Gasteiger charge is 2.27. The average Bonchev–Trinajstić information content (AvgIpc) is 3.28. The van der Waals surface area contributed by atoms with Crippen LogP contribution in [0.1, 0.15) is 30.3 Å². The van der Waals surface area contributed by atoms with Crippen LogP contribution in [0.5, 0.6) is 0 Å². The van der Waals surface area contributed by atoms with Crippen molar-refractivity contribution in [1.82, 2.24) is 15.0 Å². The summed E-state index contributed by atoms with van der Waals surface area (Å²) in [7, 11) is 0. The van der Waals surface area contributed by atoms with Gasteiger partial charge in [0.1, 0.15) is 0 Å². The van der Waals surface area contributed by atoms with Crippen molar-refractivity contribution in [2.75, 3.05) is 6.54 Å². The Labute approximate surface area is 131 Å². The zero-order chi connectivity index (χ0) is 14.1. The van der Waals surface area contributed by atoms with E-state index in [0.29, 0.717) is 17.8 Å². The second-order valence-corrected chi connectivity index (χ2v) is 6.77. The molecule has 4 nitrogen and oxygen atoms in total. The van der Waals surface area contributed by atoms with E-state index < -0.39 is 0 Å². The van der Waals surface area contributed by atoms with E-state index in [9.17, 15) is 0 Å². The van der Waals surface area contributed by atoms with Gasteiger partial charge in [0.05, 0.1) is 6.54 Å². The minimum atomic E-state index is 0.493. The molecular weight excluding hydrogens is 302 g/mol. The fourth-order valence-corrected chi connectivity index (χ4v) is 4.20. The maximum Gasteiger partial charge on any atom is 0.241 e. The first-order valence-electron chi connectivity index (χ1n) is 7.01. The Kier molecular flexibility index (Phi) is 3.58. The zero-order valence-electron chi connectivity index (χ0n) is 11.4. The molecule has 6 heteroatoms. The summed E-state index contributed by atoms with van der Waals surface area (Å²) in [6.45, 7) is 1.83. The first-order chi connectivity index (χ1) is 10.4. The number of likely N-dealkylation sites (tertiary alicyclic amines) is 1. The SMILES string of the molecule is c1cc(-c2noc(CN3CCCC3c3ccsc3)n2)cs1. The molecule has 4 rings (SSSR count). The van der Waals surface area contributed by atoms with E-state index >= 15 is 0 Å². The van der Waals surface area contributed by atoms with Gasteiger partial charge >= 0.3 is 0 Å². The molecule has 108 valence electrons. The largest absolute Gasteiger partial charge is 0.338 e. The van der Waals surface area contributed by atoms with E-state index in [2.05, 4.69) is 31.9 Å². The Morgan fingerprint density at radius 2 is 2.14 bits per heavy atom. The van der Waals surface area contributed by atoms with Crippen LogP contribution in [0.3, 0.4) is 0 Å². The molecule has 0 spiro atoms. The van der Waals surface area contributed by atoms with Crippen LogP contribution in [0, 0.1) is 0 Å². The van der Waals surface area contributed by atoms with Crippen LogP contribution in [0.15, 0.2) is 38.2 Å². The lowest BCUT2D eigenvalue weighted by Gasteiger charge is -2.21. The third kappa shape index (κ3) is 2.66. The Hall–Kier alpha value is -1.50. The molecule has 0 aromatic carbocycles. The molecule has 1 atom stereocenters. The summed E-state index contributed by atoms with van der Waals surface area (Å²) in [4.78, 5) is 6.96. The molecule has 0 bridgehead atoms. The molecule has 1 aliphatic rings. The maximum absolute atomic E-state index is 5.42. The first kappa shape index (κ1) is 13.2. The molecule has 3 aromatic rings. The van der Waals surface area contributed by atoms with E-state index in [1.165, 1.54) is 18.4 Å². The lowest BCUT2D eigenvalue weighted by atomic mass is 10.1. The van der Waals surface area contributed by atoms with Gasteiger partial charge in [0, 0.05) is 17.0 Å². The summed E-state index contributed by atoms with van der Waals surface area (Å²) in [5.74, 6) is 1.40. The van der Waals surface area contributed by atoms with E-state index in [4.69, 9.17) is 4.52 Å². The summed E-state index contributed by atoms with van der Waals surface area (Å²) in [5, 5.41) is 12.5. The van der Waals surface area contributed by atoms with E-state index in [1.807, 2.05) is 16.8 Å². The van der Waals surface area contributed by atoms with Gasteiger partial charge in [0.15, 0.2) is 0 Å². The Balaban J connectivity index is 1.51. The van der Waals surface area contributed by atoms with Crippen molar-refractivity contribution in [1.29, 1.82) is 0 Å². The van der Waals surface area contributed by atoms with Crippen molar-refractivity contribution in [3.63, 3.8) is 0 Å². The summed E-state index contributed by atoms with van der Waals surface area (Å²) in [5.41, 5.74) is 2.45. The normalized spacial score (nSPS) is 19.3. The van der Waals surface area contributed by atoms with Crippen molar-refractivity contribution >= 4 is 22.7 Å². The number of rotatable bonds is 4. The van der Waals surface area contributed by atoms with Crippen molar-refractivity contribution in [3.05, 3.63) is 45.1 Å². The number of thiophene rings is 2. The highest BCUT2D eigenvalue weighted by molar-refractivity contribution is 7.08. The van der Waals surface area contributed by atoms with Gasteiger partial charge in [0.25, 0.3) is 0 Å². The molecule has 0 saturated carbocycles. The topological polar surface area (TPSA) is 42.2 Å². The van der Waals surface area contributed by atoms with Gasteiger partial charge in [-0.2, -0.15) is 27.7 Å². The van der Waals surface area contributed by atoms with Gasteiger partial charge in [-0.1, -0.05) is 5.16 Å². The minimum Gasteiger partial charge on any atom is -0.338 e. The summed E-state index contributed by atoms with van der Waals surface area (Å²) < 4.78 is 5.42. The first-order valence-corrected chi connectivity index (χ1v) is 8.90. The molecule has 3 aromatic heterocycles. The summed E-state index contributed by atoms with van der Waals surface area (Å²) in [6.07, 6.45) is 2.44. The van der Waals surface area contributed by atoms with Crippen molar-refractivity contribution in [2.24, 2.45) is 0 Å². The van der Waals surface area contributed by atoms with Crippen molar-refractivity contribution < 1.29 is 4.52 Å². The van der Waals surface area contributed by atoms with Gasteiger partial charge in [0.2, 0.25) is 11.7 Å². The lowest BCUT2D eigenvalue weighted by Crippen LogP contribution is -2.22. The summed E-state index contributed by atoms with van der Waals surface area (Å²) in [6, 6.07) is 4.73. The highest BCUT2D eigenvalue weighted by Crippen LogP contribution is 2.34. The van der Waals surface area contributed by atoms with Crippen molar-refractivity contribution in [2.45, 2.75) is 25.4 Å². The minimum absolute atomic E-state index is 0.493. The van der Waals surface area contributed by atoms with Gasteiger partial charge in [-0.3, -0.25) is 4.90 Å². The molecule has 1 fully saturated rings. The molecule has 1 saturated heterocycles. The predicted molar refractivity (Wildman–Crippen MR) is 84.3 cm³/mol. The van der Waals surface area contributed by atoms with Crippen LogP contribution in [0.4, 0.5) is 0 Å². The van der Waals surface area contributed by atoms with Crippen LogP contribution in [0.2, 0.25) is 0 Å². The van der Waals surface area contributed by atoms with Gasteiger partial charge in [-0.25, -0.2) is 0 Å². The van der Waals surface area contributed by atoms with Crippen LogP contribution in [0.25, 0.3) is 11.4 Å². The van der Waals surface area contributed by atoms with E-state index in [1.54, 1.807) is 22.7 Å². The molecule has 1 aliphatic heterocycles. The molecular formula is C15H15N3OS2. The Morgan fingerprint density at radius 1 is 1.24 bits per heavy atom. The fraction of sp³-hybridized carbons (Fsp3) is 0.333.